The summed E-state index contributed by atoms with van der Waals surface area (Å²) in [4.78, 5) is 27.1. The number of rotatable bonds is 3. The van der Waals surface area contributed by atoms with Gasteiger partial charge in [-0.3, -0.25) is 4.90 Å². The SMILES string of the molecule is CC1SCC(C(=O)O)N1C(=O)N1CCCC(CCO)C1. The molecular formula is C13H22N2O4S. The summed E-state index contributed by atoms with van der Waals surface area (Å²) >= 11 is 1.50. The maximum absolute atomic E-state index is 12.6. The fraction of sp³-hybridized carbons (Fsp3) is 0.846. The molecule has 0 saturated carbocycles. The van der Waals surface area contributed by atoms with Gasteiger partial charge in [-0.1, -0.05) is 0 Å². The molecule has 2 aliphatic rings. The molecule has 2 fully saturated rings. The number of aliphatic hydroxyl groups is 1. The van der Waals surface area contributed by atoms with Crippen LogP contribution in [0.1, 0.15) is 26.2 Å². The van der Waals surface area contributed by atoms with E-state index in [-0.39, 0.29) is 18.0 Å². The molecule has 2 heterocycles. The molecule has 6 nitrogen and oxygen atoms in total. The second-order valence-electron chi connectivity index (χ2n) is 5.44. The van der Waals surface area contributed by atoms with Crippen molar-refractivity contribution in [3.8, 4) is 0 Å². The van der Waals surface area contributed by atoms with E-state index in [1.165, 1.54) is 16.7 Å². The molecule has 2 amide bonds. The van der Waals surface area contributed by atoms with Crippen molar-refractivity contribution < 1.29 is 19.8 Å². The highest BCUT2D eigenvalue weighted by atomic mass is 32.2. The van der Waals surface area contributed by atoms with E-state index in [2.05, 4.69) is 0 Å². The number of piperidine rings is 1. The molecule has 0 aromatic rings. The van der Waals surface area contributed by atoms with Gasteiger partial charge < -0.3 is 15.1 Å². The van der Waals surface area contributed by atoms with Crippen LogP contribution in [0.5, 0.6) is 0 Å². The number of aliphatic carboxylic acids is 1. The number of carbonyl (C=O) groups excluding carboxylic acids is 1. The Morgan fingerprint density at radius 1 is 1.40 bits per heavy atom. The molecule has 2 rings (SSSR count). The number of nitrogens with zero attached hydrogens (tertiary/aromatic N) is 2. The zero-order valence-corrected chi connectivity index (χ0v) is 12.5. The number of hydrogen-bond donors (Lipinski definition) is 2. The van der Waals surface area contributed by atoms with Crippen molar-refractivity contribution in [2.45, 2.75) is 37.6 Å². The highest BCUT2D eigenvalue weighted by molar-refractivity contribution is 8.00. The quantitative estimate of drug-likeness (QED) is 0.814. The van der Waals surface area contributed by atoms with E-state index in [4.69, 9.17) is 5.11 Å². The Morgan fingerprint density at radius 3 is 2.80 bits per heavy atom. The third kappa shape index (κ3) is 3.20. The van der Waals surface area contributed by atoms with E-state index < -0.39 is 12.0 Å². The first-order valence-corrected chi connectivity index (χ1v) is 8.12. The molecule has 2 saturated heterocycles. The number of hydrogen-bond acceptors (Lipinski definition) is 4. The lowest BCUT2D eigenvalue weighted by atomic mass is 9.95. The Bertz CT molecular complexity index is 377. The number of urea groups is 1. The molecule has 7 heteroatoms. The van der Waals surface area contributed by atoms with Gasteiger partial charge in [-0.2, -0.15) is 0 Å². The minimum Gasteiger partial charge on any atom is -0.480 e. The van der Waals surface area contributed by atoms with Gasteiger partial charge in [0.15, 0.2) is 0 Å². The molecule has 3 atom stereocenters. The molecule has 0 aliphatic carbocycles. The van der Waals surface area contributed by atoms with E-state index in [0.29, 0.717) is 31.2 Å². The van der Waals surface area contributed by atoms with E-state index in [0.717, 1.165) is 12.8 Å². The Balaban J connectivity index is 2.03. The highest BCUT2D eigenvalue weighted by Crippen LogP contribution is 2.31. The van der Waals surface area contributed by atoms with E-state index in [9.17, 15) is 14.7 Å². The summed E-state index contributed by atoms with van der Waals surface area (Å²) in [5.74, 6) is -0.151. The van der Waals surface area contributed by atoms with Crippen LogP contribution in [0.2, 0.25) is 0 Å². The van der Waals surface area contributed by atoms with Crippen molar-refractivity contribution in [1.82, 2.24) is 9.80 Å². The predicted octanol–water partition coefficient (Wildman–Crippen LogP) is 1.05. The van der Waals surface area contributed by atoms with Crippen molar-refractivity contribution in [3.63, 3.8) is 0 Å². The molecule has 0 spiro atoms. The summed E-state index contributed by atoms with van der Waals surface area (Å²) in [5, 5.41) is 18.1. The lowest BCUT2D eigenvalue weighted by Gasteiger charge is -2.37. The number of likely N-dealkylation sites (tertiary alicyclic amines) is 1. The molecule has 0 aromatic heterocycles. The van der Waals surface area contributed by atoms with Gasteiger partial charge >= 0.3 is 12.0 Å². The molecule has 114 valence electrons. The number of carboxylic acid groups (broad SMARTS) is 1. The van der Waals surface area contributed by atoms with Crippen LogP contribution in [0.3, 0.4) is 0 Å². The van der Waals surface area contributed by atoms with Gasteiger partial charge in [-0.05, 0) is 32.1 Å². The van der Waals surface area contributed by atoms with Crippen molar-refractivity contribution in [3.05, 3.63) is 0 Å². The predicted molar refractivity (Wildman–Crippen MR) is 76.6 cm³/mol. The largest absolute Gasteiger partial charge is 0.480 e. The minimum atomic E-state index is -0.931. The smallest absolute Gasteiger partial charge is 0.327 e. The standard InChI is InChI=1S/C13H22N2O4S/c1-9-15(11(8-20-9)12(17)18)13(19)14-5-2-3-10(7-14)4-6-16/h9-11,16H,2-8H2,1H3,(H,17,18). The average Bonchev–Trinajstić information content (AvgIpc) is 2.81. The number of amides is 2. The van der Waals surface area contributed by atoms with Crippen molar-refractivity contribution >= 4 is 23.8 Å². The summed E-state index contributed by atoms with van der Waals surface area (Å²) in [6.45, 7) is 3.32. The number of thioether (sulfide) groups is 1. The zero-order valence-electron chi connectivity index (χ0n) is 11.7. The van der Waals surface area contributed by atoms with Crippen LogP contribution < -0.4 is 0 Å². The van der Waals surface area contributed by atoms with Crippen LogP contribution in [0.15, 0.2) is 0 Å². The summed E-state index contributed by atoms with van der Waals surface area (Å²) in [6.07, 6.45) is 2.65. The Kier molecular flexibility index (Phi) is 5.15. The third-order valence-corrected chi connectivity index (χ3v) is 5.27. The summed E-state index contributed by atoms with van der Waals surface area (Å²) in [6, 6.07) is -0.891. The van der Waals surface area contributed by atoms with Crippen LogP contribution in [0, 0.1) is 5.92 Å². The van der Waals surface area contributed by atoms with Gasteiger partial charge in [-0.15, -0.1) is 11.8 Å². The van der Waals surface area contributed by atoms with Crippen LogP contribution in [0.4, 0.5) is 4.79 Å². The molecule has 20 heavy (non-hydrogen) atoms. The van der Waals surface area contributed by atoms with E-state index in [1.807, 2.05) is 6.92 Å². The van der Waals surface area contributed by atoms with Crippen molar-refractivity contribution in [1.29, 1.82) is 0 Å². The molecular weight excluding hydrogens is 280 g/mol. The van der Waals surface area contributed by atoms with Gasteiger partial charge in [0.05, 0.1) is 5.37 Å². The molecule has 0 bridgehead atoms. The molecule has 2 aliphatic heterocycles. The second kappa shape index (κ2) is 6.67. The van der Waals surface area contributed by atoms with Gasteiger partial charge in [-0.25, -0.2) is 9.59 Å². The van der Waals surface area contributed by atoms with Crippen LogP contribution in [-0.2, 0) is 4.79 Å². The highest BCUT2D eigenvalue weighted by Gasteiger charge is 2.41. The van der Waals surface area contributed by atoms with Gasteiger partial charge in [0, 0.05) is 25.4 Å². The molecule has 2 N–H and O–H groups in total. The maximum atomic E-state index is 12.6. The number of carboxylic acids is 1. The fourth-order valence-electron chi connectivity index (χ4n) is 2.94. The first-order chi connectivity index (χ1) is 9.54. The first-order valence-electron chi connectivity index (χ1n) is 7.07. The lowest BCUT2D eigenvalue weighted by molar-refractivity contribution is -0.141. The Morgan fingerprint density at radius 2 is 2.15 bits per heavy atom. The Hall–Kier alpha value is -0.950. The normalized spacial score (nSPS) is 30.6. The Labute approximate surface area is 123 Å². The zero-order chi connectivity index (χ0) is 14.7. The third-order valence-electron chi connectivity index (χ3n) is 4.06. The minimum absolute atomic E-state index is 0.0955. The van der Waals surface area contributed by atoms with Crippen LogP contribution in [-0.4, -0.2) is 68.9 Å². The summed E-state index contributed by atoms with van der Waals surface area (Å²) in [5.41, 5.74) is 0. The van der Waals surface area contributed by atoms with Gasteiger partial charge in [0.25, 0.3) is 0 Å². The topological polar surface area (TPSA) is 81.1 Å². The van der Waals surface area contributed by atoms with Crippen molar-refractivity contribution in [2.24, 2.45) is 5.92 Å². The molecule has 0 aromatic carbocycles. The van der Waals surface area contributed by atoms with Crippen LogP contribution >= 0.6 is 11.8 Å². The van der Waals surface area contributed by atoms with E-state index in [1.54, 1.807) is 4.90 Å². The van der Waals surface area contributed by atoms with Crippen molar-refractivity contribution in [2.75, 3.05) is 25.4 Å². The summed E-state index contributed by atoms with van der Waals surface area (Å²) < 4.78 is 0. The van der Waals surface area contributed by atoms with Gasteiger partial charge in [0.1, 0.15) is 6.04 Å². The number of carbonyl (C=O) groups is 2. The fourth-order valence-corrected chi connectivity index (χ4v) is 4.11. The number of aliphatic hydroxyl groups excluding tert-OH is 1. The first kappa shape index (κ1) is 15.4. The summed E-state index contributed by atoms with van der Waals surface area (Å²) in [7, 11) is 0. The van der Waals surface area contributed by atoms with E-state index >= 15 is 0 Å². The van der Waals surface area contributed by atoms with Gasteiger partial charge in [0.2, 0.25) is 0 Å². The van der Waals surface area contributed by atoms with Crippen LogP contribution in [0.25, 0.3) is 0 Å². The monoisotopic (exact) mass is 302 g/mol. The molecule has 3 unspecified atom stereocenters. The maximum Gasteiger partial charge on any atom is 0.327 e. The average molecular weight is 302 g/mol. The molecule has 0 radical (unpaired) electrons. The lowest BCUT2D eigenvalue weighted by Crippen LogP contribution is -2.53. The second-order valence-corrected chi connectivity index (χ2v) is 6.79.